The lowest BCUT2D eigenvalue weighted by Crippen LogP contribution is -2.45. The van der Waals surface area contributed by atoms with Gasteiger partial charge in [0.25, 0.3) is 7.82 Å². The zero-order valence-electron chi connectivity index (χ0n) is 32.6. The van der Waals surface area contributed by atoms with Crippen LogP contribution in [-0.2, 0) is 18.4 Å². The summed E-state index contributed by atoms with van der Waals surface area (Å²) < 4.78 is 23.1. The molecular weight excluding hydrogens is 647 g/mol. The van der Waals surface area contributed by atoms with E-state index in [0.29, 0.717) is 17.4 Å². The van der Waals surface area contributed by atoms with E-state index in [9.17, 15) is 19.4 Å². The average Bonchev–Trinajstić information content (AvgIpc) is 3.06. The van der Waals surface area contributed by atoms with Crippen molar-refractivity contribution in [2.75, 3.05) is 40.9 Å². The van der Waals surface area contributed by atoms with Gasteiger partial charge in [-0.15, -0.1) is 0 Å². The molecule has 0 heterocycles. The number of phosphoric acid groups is 1. The Labute approximate surface area is 307 Å². The Morgan fingerprint density at radius 1 is 0.720 bits per heavy atom. The predicted molar refractivity (Wildman–Crippen MR) is 210 cm³/mol. The van der Waals surface area contributed by atoms with Crippen LogP contribution in [0.5, 0.6) is 0 Å². The van der Waals surface area contributed by atoms with Gasteiger partial charge in [0.15, 0.2) is 0 Å². The number of carbonyl (C=O) groups is 1. The van der Waals surface area contributed by atoms with Gasteiger partial charge in [0.05, 0.1) is 39.9 Å². The van der Waals surface area contributed by atoms with E-state index in [1.165, 1.54) is 70.6 Å². The van der Waals surface area contributed by atoms with Crippen LogP contribution in [0.1, 0.15) is 142 Å². The lowest BCUT2D eigenvalue weighted by molar-refractivity contribution is -0.870. The summed E-state index contributed by atoms with van der Waals surface area (Å²) in [6.07, 6.45) is 41.4. The largest absolute Gasteiger partial charge is 0.756 e. The van der Waals surface area contributed by atoms with Gasteiger partial charge in [0, 0.05) is 6.42 Å². The highest BCUT2D eigenvalue weighted by Crippen LogP contribution is 2.38. The minimum atomic E-state index is -4.60. The Hall–Kier alpha value is -1.80. The van der Waals surface area contributed by atoms with Crippen LogP contribution in [0.25, 0.3) is 0 Å². The molecule has 0 bridgehead atoms. The topological polar surface area (TPSA) is 108 Å². The van der Waals surface area contributed by atoms with E-state index in [0.717, 1.165) is 44.9 Å². The van der Waals surface area contributed by atoms with Crippen LogP contribution in [0, 0.1) is 0 Å². The maximum absolute atomic E-state index is 12.7. The molecule has 0 rings (SSSR count). The number of carbonyl (C=O) groups excluding carboxylic acids is 1. The van der Waals surface area contributed by atoms with Crippen LogP contribution >= 0.6 is 7.82 Å². The number of quaternary nitrogens is 1. The zero-order valence-corrected chi connectivity index (χ0v) is 33.5. The minimum Gasteiger partial charge on any atom is -0.756 e. The van der Waals surface area contributed by atoms with Crippen molar-refractivity contribution in [3.8, 4) is 0 Å². The third-order valence-electron chi connectivity index (χ3n) is 8.25. The molecule has 1 amide bonds. The summed E-state index contributed by atoms with van der Waals surface area (Å²) in [5.41, 5.74) is 0. The van der Waals surface area contributed by atoms with Crippen molar-refractivity contribution in [1.29, 1.82) is 0 Å². The molecule has 0 fully saturated rings. The number of hydrogen-bond acceptors (Lipinski definition) is 6. The second-order valence-electron chi connectivity index (χ2n) is 14.3. The fraction of sp³-hybridized carbons (Fsp3) is 0.732. The highest BCUT2D eigenvalue weighted by molar-refractivity contribution is 7.45. The van der Waals surface area contributed by atoms with Crippen molar-refractivity contribution >= 4 is 13.7 Å². The minimum absolute atomic E-state index is 0.0161. The molecule has 290 valence electrons. The summed E-state index contributed by atoms with van der Waals surface area (Å²) >= 11 is 0. The second kappa shape index (κ2) is 33.1. The van der Waals surface area contributed by atoms with Gasteiger partial charge in [-0.3, -0.25) is 9.36 Å². The highest BCUT2D eigenvalue weighted by Gasteiger charge is 2.23. The smallest absolute Gasteiger partial charge is 0.268 e. The van der Waals surface area contributed by atoms with Crippen molar-refractivity contribution in [1.82, 2.24) is 5.32 Å². The maximum atomic E-state index is 12.7. The molecular formula is C41H75N2O6P. The molecule has 3 unspecified atom stereocenters. The van der Waals surface area contributed by atoms with E-state index in [4.69, 9.17) is 9.05 Å². The quantitative estimate of drug-likeness (QED) is 0.0297. The number of aliphatic hydroxyl groups is 1. The van der Waals surface area contributed by atoms with Crippen LogP contribution in [0.4, 0.5) is 0 Å². The van der Waals surface area contributed by atoms with E-state index in [2.05, 4.69) is 55.6 Å². The predicted octanol–water partition coefficient (Wildman–Crippen LogP) is 9.66. The van der Waals surface area contributed by atoms with Crippen LogP contribution in [0.2, 0.25) is 0 Å². The van der Waals surface area contributed by atoms with Crippen LogP contribution in [-0.4, -0.2) is 68.5 Å². The van der Waals surface area contributed by atoms with E-state index in [1.807, 2.05) is 39.4 Å². The molecule has 0 aliphatic carbocycles. The first-order valence-electron chi connectivity index (χ1n) is 19.7. The van der Waals surface area contributed by atoms with Gasteiger partial charge in [-0.2, -0.15) is 0 Å². The number of nitrogens with zero attached hydrogens (tertiary/aromatic N) is 1. The number of phosphoric ester groups is 1. The van der Waals surface area contributed by atoms with Gasteiger partial charge in [-0.25, -0.2) is 0 Å². The summed E-state index contributed by atoms with van der Waals surface area (Å²) in [5.74, 6) is -0.281. The van der Waals surface area contributed by atoms with Gasteiger partial charge < -0.3 is 28.8 Å². The fourth-order valence-corrected chi connectivity index (χ4v) is 5.82. The van der Waals surface area contributed by atoms with Gasteiger partial charge in [-0.05, 0) is 44.9 Å². The lowest BCUT2D eigenvalue weighted by atomic mass is 10.0. The third-order valence-corrected chi connectivity index (χ3v) is 9.21. The van der Waals surface area contributed by atoms with Crippen LogP contribution < -0.4 is 10.2 Å². The molecule has 0 aliphatic heterocycles. The van der Waals surface area contributed by atoms with E-state index in [-0.39, 0.29) is 18.9 Å². The number of likely N-dealkylation sites (N-methyl/N-ethyl adjacent to an activating group) is 1. The van der Waals surface area contributed by atoms with Crippen molar-refractivity contribution in [3.05, 3.63) is 60.8 Å². The molecule has 9 heteroatoms. The Morgan fingerprint density at radius 3 is 1.74 bits per heavy atom. The average molecular weight is 723 g/mol. The Bertz CT molecular complexity index is 1000. The van der Waals surface area contributed by atoms with E-state index >= 15 is 0 Å². The summed E-state index contributed by atoms with van der Waals surface area (Å²) in [7, 11) is 1.21. The molecule has 0 aromatic heterocycles. The molecule has 0 saturated heterocycles. The zero-order chi connectivity index (χ0) is 37.2. The number of rotatable bonds is 34. The Balaban J connectivity index is 4.64. The number of hydrogen-bond donors (Lipinski definition) is 2. The van der Waals surface area contributed by atoms with Crippen molar-refractivity contribution in [2.24, 2.45) is 0 Å². The SMILES string of the molecule is CC/C=C\C/C=C\C/C=C\C/C=C\CCC(=O)NC(COP(=O)([O-])OCC[N+](C)(C)C)C(O)/C=C/CCCCCCCCCCCCCCC. The monoisotopic (exact) mass is 723 g/mol. The van der Waals surface area contributed by atoms with Gasteiger partial charge in [0.2, 0.25) is 5.91 Å². The molecule has 0 saturated carbocycles. The van der Waals surface area contributed by atoms with E-state index < -0.39 is 26.6 Å². The first-order chi connectivity index (χ1) is 24.0. The van der Waals surface area contributed by atoms with Crippen molar-refractivity contribution in [2.45, 2.75) is 154 Å². The number of nitrogens with one attached hydrogen (secondary N) is 1. The summed E-state index contributed by atoms with van der Waals surface area (Å²) in [4.78, 5) is 25.1. The first-order valence-corrected chi connectivity index (χ1v) is 21.1. The fourth-order valence-electron chi connectivity index (χ4n) is 5.10. The standard InChI is InChI=1S/C41H75N2O6P/c1-6-8-10-12-14-16-18-20-21-23-24-26-28-30-32-34-40(44)39(38-49-50(46,47)48-37-36-43(3,4)5)42-41(45)35-33-31-29-27-25-22-19-17-15-13-11-9-7-2/h9,11,15,17,22,25,29,31-32,34,39-40,44H,6-8,10,12-14,16,18-21,23-24,26-28,30,33,35-38H2,1-5H3,(H-,42,45,46,47)/b11-9-,17-15-,25-22-,31-29-,34-32+. The molecule has 8 nitrogen and oxygen atoms in total. The molecule has 0 aromatic rings. The molecule has 0 spiro atoms. The maximum Gasteiger partial charge on any atom is 0.268 e. The number of amides is 1. The van der Waals surface area contributed by atoms with Gasteiger partial charge in [-0.1, -0.05) is 152 Å². The molecule has 2 N–H and O–H groups in total. The molecule has 3 atom stereocenters. The van der Waals surface area contributed by atoms with Gasteiger partial charge in [0.1, 0.15) is 13.2 Å². The molecule has 0 aromatic carbocycles. The summed E-state index contributed by atoms with van der Waals surface area (Å²) in [5, 5.41) is 13.7. The molecule has 50 heavy (non-hydrogen) atoms. The number of unbranched alkanes of at least 4 members (excludes halogenated alkanes) is 13. The van der Waals surface area contributed by atoms with Crippen LogP contribution in [0.15, 0.2) is 60.8 Å². The lowest BCUT2D eigenvalue weighted by Gasteiger charge is -2.29. The first kappa shape index (κ1) is 48.2. The molecule has 0 radical (unpaired) electrons. The molecule has 0 aliphatic rings. The van der Waals surface area contributed by atoms with Crippen molar-refractivity contribution < 1.29 is 32.9 Å². The number of aliphatic hydroxyl groups excluding tert-OH is 1. The summed E-state index contributed by atoms with van der Waals surface area (Å²) in [6, 6.07) is -0.924. The van der Waals surface area contributed by atoms with E-state index in [1.54, 1.807) is 6.08 Å². The van der Waals surface area contributed by atoms with Gasteiger partial charge >= 0.3 is 0 Å². The normalized spacial score (nSPS) is 15.3. The third kappa shape index (κ3) is 34.6. The second-order valence-corrected chi connectivity index (χ2v) is 15.7. The number of allylic oxidation sites excluding steroid dienone is 9. The Morgan fingerprint density at radius 2 is 1.22 bits per heavy atom. The van der Waals surface area contributed by atoms with Crippen LogP contribution in [0.3, 0.4) is 0 Å². The summed E-state index contributed by atoms with van der Waals surface area (Å²) in [6.45, 7) is 4.44. The highest BCUT2D eigenvalue weighted by atomic mass is 31.2. The van der Waals surface area contributed by atoms with Crippen molar-refractivity contribution in [3.63, 3.8) is 0 Å². The Kier molecular flexibility index (Phi) is 31.9.